The normalized spacial score (nSPS) is 19.4. The van der Waals surface area contributed by atoms with Crippen molar-refractivity contribution in [2.45, 2.75) is 53.0 Å². The third kappa shape index (κ3) is 4.40. The Morgan fingerprint density at radius 1 is 1.12 bits per heavy atom. The molecule has 0 spiro atoms. The van der Waals surface area contributed by atoms with Gasteiger partial charge in [0.05, 0.1) is 13.2 Å². The van der Waals surface area contributed by atoms with Crippen molar-refractivity contribution >= 4 is 5.78 Å². The van der Waals surface area contributed by atoms with Gasteiger partial charge in [-0.25, -0.2) is 0 Å². The summed E-state index contributed by atoms with van der Waals surface area (Å²) in [5.41, 5.74) is -0.105. The predicted octanol–water partition coefficient (Wildman–Crippen LogP) is 2.49. The number of ether oxygens (including phenoxy) is 1. The number of hydrogen-bond donors (Lipinski definition) is 0. The highest BCUT2D eigenvalue weighted by Gasteiger charge is 2.30. The average Bonchev–Trinajstić information content (AvgIpc) is 2.26. The monoisotopic (exact) mass is 241 g/mol. The van der Waals surface area contributed by atoms with Gasteiger partial charge >= 0.3 is 0 Å². The SMILES string of the molecule is CC(C)(C)C(=O)CCC(C)(C)N1CCOCC1. The first-order chi connectivity index (χ1) is 7.73. The zero-order valence-corrected chi connectivity index (χ0v) is 12.0. The topological polar surface area (TPSA) is 29.5 Å². The summed E-state index contributed by atoms with van der Waals surface area (Å²) in [6, 6.07) is 0. The van der Waals surface area contributed by atoms with Crippen molar-refractivity contribution in [1.82, 2.24) is 4.90 Å². The average molecular weight is 241 g/mol. The minimum absolute atomic E-state index is 0.102. The number of nitrogens with zero attached hydrogens (tertiary/aromatic N) is 1. The third-order valence-electron chi connectivity index (χ3n) is 3.67. The van der Waals surface area contributed by atoms with Gasteiger partial charge in [0.2, 0.25) is 0 Å². The molecule has 1 aliphatic rings. The molecule has 1 heterocycles. The Balaban J connectivity index is 2.46. The Bertz CT molecular complexity index is 260. The predicted molar refractivity (Wildman–Crippen MR) is 70.2 cm³/mol. The summed E-state index contributed by atoms with van der Waals surface area (Å²) in [6.07, 6.45) is 1.61. The Hall–Kier alpha value is -0.410. The van der Waals surface area contributed by atoms with Gasteiger partial charge < -0.3 is 4.74 Å². The van der Waals surface area contributed by atoms with Gasteiger partial charge in [0.1, 0.15) is 5.78 Å². The van der Waals surface area contributed by atoms with Crippen LogP contribution in [-0.4, -0.2) is 42.5 Å². The highest BCUT2D eigenvalue weighted by Crippen LogP contribution is 2.25. The van der Waals surface area contributed by atoms with Crippen molar-refractivity contribution in [2.75, 3.05) is 26.3 Å². The van der Waals surface area contributed by atoms with E-state index < -0.39 is 0 Å². The lowest BCUT2D eigenvalue weighted by molar-refractivity contribution is -0.127. The lowest BCUT2D eigenvalue weighted by Crippen LogP contribution is -2.50. The molecular weight excluding hydrogens is 214 g/mol. The Morgan fingerprint density at radius 2 is 1.65 bits per heavy atom. The number of rotatable bonds is 4. The van der Waals surface area contributed by atoms with E-state index in [4.69, 9.17) is 4.74 Å². The van der Waals surface area contributed by atoms with Crippen molar-refractivity contribution in [1.29, 1.82) is 0 Å². The maximum atomic E-state index is 12.0. The van der Waals surface area contributed by atoms with E-state index >= 15 is 0 Å². The summed E-state index contributed by atoms with van der Waals surface area (Å²) in [5.74, 6) is 0.360. The number of carbonyl (C=O) groups is 1. The van der Waals surface area contributed by atoms with E-state index in [0.29, 0.717) is 12.2 Å². The van der Waals surface area contributed by atoms with Gasteiger partial charge in [0.15, 0.2) is 0 Å². The van der Waals surface area contributed by atoms with Gasteiger partial charge in [-0.15, -0.1) is 0 Å². The van der Waals surface area contributed by atoms with Crippen molar-refractivity contribution < 1.29 is 9.53 Å². The van der Waals surface area contributed by atoms with Crippen molar-refractivity contribution in [2.24, 2.45) is 5.41 Å². The van der Waals surface area contributed by atoms with Crippen LogP contribution in [-0.2, 0) is 9.53 Å². The second-order valence-electron chi connectivity index (χ2n) is 6.59. The fraction of sp³-hybridized carbons (Fsp3) is 0.929. The molecule has 0 unspecified atom stereocenters. The minimum Gasteiger partial charge on any atom is -0.379 e. The Labute approximate surface area is 106 Å². The van der Waals surface area contributed by atoms with Crippen LogP contribution in [0.15, 0.2) is 0 Å². The zero-order valence-electron chi connectivity index (χ0n) is 12.0. The summed E-state index contributed by atoms with van der Waals surface area (Å²) < 4.78 is 5.37. The fourth-order valence-corrected chi connectivity index (χ4v) is 2.12. The van der Waals surface area contributed by atoms with Gasteiger partial charge in [-0.2, -0.15) is 0 Å². The maximum absolute atomic E-state index is 12.0. The lowest BCUT2D eigenvalue weighted by atomic mass is 9.84. The Kier molecular flexibility index (Phi) is 4.73. The van der Waals surface area contributed by atoms with Gasteiger partial charge in [0, 0.05) is 30.5 Å². The molecule has 1 rings (SSSR count). The fourth-order valence-electron chi connectivity index (χ4n) is 2.12. The number of morpholine rings is 1. The van der Waals surface area contributed by atoms with Crippen LogP contribution in [0.5, 0.6) is 0 Å². The molecule has 17 heavy (non-hydrogen) atoms. The Morgan fingerprint density at radius 3 is 2.12 bits per heavy atom. The molecule has 1 aliphatic heterocycles. The summed E-state index contributed by atoms with van der Waals surface area (Å²) in [4.78, 5) is 14.4. The van der Waals surface area contributed by atoms with Crippen LogP contribution in [0.4, 0.5) is 0 Å². The van der Waals surface area contributed by atoms with Gasteiger partial charge in [0.25, 0.3) is 0 Å². The smallest absolute Gasteiger partial charge is 0.138 e. The highest BCUT2D eigenvalue weighted by atomic mass is 16.5. The van der Waals surface area contributed by atoms with E-state index in [9.17, 15) is 4.79 Å². The molecule has 3 heteroatoms. The number of Topliss-reactive ketones (excluding diaryl/α,β-unsaturated/α-hetero) is 1. The molecule has 1 fully saturated rings. The maximum Gasteiger partial charge on any atom is 0.138 e. The number of ketones is 1. The van der Waals surface area contributed by atoms with Crippen LogP contribution in [0.2, 0.25) is 0 Å². The third-order valence-corrected chi connectivity index (χ3v) is 3.67. The largest absolute Gasteiger partial charge is 0.379 e. The van der Waals surface area contributed by atoms with E-state index in [2.05, 4.69) is 18.7 Å². The number of hydrogen-bond acceptors (Lipinski definition) is 3. The number of carbonyl (C=O) groups excluding carboxylic acids is 1. The summed E-state index contributed by atoms with van der Waals surface area (Å²) in [5, 5.41) is 0. The van der Waals surface area contributed by atoms with E-state index in [0.717, 1.165) is 32.7 Å². The molecule has 0 aliphatic carbocycles. The van der Waals surface area contributed by atoms with E-state index in [1.165, 1.54) is 0 Å². The van der Waals surface area contributed by atoms with Crippen LogP contribution < -0.4 is 0 Å². The van der Waals surface area contributed by atoms with Crippen LogP contribution in [0.1, 0.15) is 47.5 Å². The minimum atomic E-state index is -0.207. The van der Waals surface area contributed by atoms with Gasteiger partial charge in [-0.1, -0.05) is 20.8 Å². The van der Waals surface area contributed by atoms with Crippen molar-refractivity contribution in [3.63, 3.8) is 0 Å². The van der Waals surface area contributed by atoms with Gasteiger partial charge in [-0.3, -0.25) is 9.69 Å². The van der Waals surface area contributed by atoms with Crippen molar-refractivity contribution in [3.05, 3.63) is 0 Å². The second kappa shape index (κ2) is 5.49. The summed E-state index contributed by atoms with van der Waals surface area (Å²) >= 11 is 0. The molecule has 0 N–H and O–H groups in total. The molecule has 0 aromatic heterocycles. The van der Waals surface area contributed by atoms with E-state index in [-0.39, 0.29) is 11.0 Å². The van der Waals surface area contributed by atoms with E-state index in [1.807, 2.05) is 20.8 Å². The highest BCUT2D eigenvalue weighted by molar-refractivity contribution is 5.83. The molecule has 0 saturated carbocycles. The zero-order chi connectivity index (χ0) is 13.1. The molecule has 100 valence electrons. The molecular formula is C14H27NO2. The molecule has 1 saturated heterocycles. The molecule has 0 amide bonds. The van der Waals surface area contributed by atoms with Crippen LogP contribution in [0.25, 0.3) is 0 Å². The molecule has 0 aromatic carbocycles. The second-order valence-corrected chi connectivity index (χ2v) is 6.59. The quantitative estimate of drug-likeness (QED) is 0.757. The first-order valence-corrected chi connectivity index (χ1v) is 6.59. The van der Waals surface area contributed by atoms with E-state index in [1.54, 1.807) is 0 Å². The standard InChI is InChI=1S/C14H27NO2/c1-13(2,3)12(16)6-7-14(4,5)15-8-10-17-11-9-15/h6-11H2,1-5H3. The molecule has 0 bridgehead atoms. The lowest BCUT2D eigenvalue weighted by Gasteiger charge is -2.41. The van der Waals surface area contributed by atoms with Crippen LogP contribution in [0.3, 0.4) is 0 Å². The summed E-state index contributed by atoms with van der Waals surface area (Å²) in [7, 11) is 0. The van der Waals surface area contributed by atoms with Crippen molar-refractivity contribution in [3.8, 4) is 0 Å². The summed E-state index contributed by atoms with van der Waals surface area (Å²) in [6.45, 7) is 14.1. The first kappa shape index (κ1) is 14.7. The van der Waals surface area contributed by atoms with Gasteiger partial charge in [-0.05, 0) is 20.3 Å². The molecule has 0 aromatic rings. The first-order valence-electron chi connectivity index (χ1n) is 6.59. The molecule has 0 radical (unpaired) electrons. The molecule has 3 nitrogen and oxygen atoms in total. The molecule has 0 atom stereocenters. The van der Waals surface area contributed by atoms with Crippen LogP contribution >= 0.6 is 0 Å². The van der Waals surface area contributed by atoms with Crippen LogP contribution in [0, 0.1) is 5.41 Å².